The van der Waals surface area contributed by atoms with Crippen molar-refractivity contribution in [2.24, 2.45) is 0 Å². The number of aromatic nitrogens is 1. The summed E-state index contributed by atoms with van der Waals surface area (Å²) in [5, 5.41) is 4.24. The molecule has 0 unspecified atom stereocenters. The summed E-state index contributed by atoms with van der Waals surface area (Å²) < 4.78 is 16.4. The van der Waals surface area contributed by atoms with E-state index in [-0.39, 0.29) is 5.91 Å². The quantitative estimate of drug-likeness (QED) is 0.719. The van der Waals surface area contributed by atoms with Crippen molar-refractivity contribution in [3.63, 3.8) is 0 Å². The molecule has 0 spiro atoms. The second-order valence-electron chi connectivity index (χ2n) is 8.17. The average Bonchev–Trinajstić information content (AvgIpc) is 3.29. The van der Waals surface area contributed by atoms with Gasteiger partial charge in [0.05, 0.1) is 19.9 Å². The number of carbonyl (C=O) groups excluding carboxylic acids is 1. The molecule has 1 aromatic carbocycles. The summed E-state index contributed by atoms with van der Waals surface area (Å²) in [4.78, 5) is 16.9. The summed E-state index contributed by atoms with van der Waals surface area (Å²) in [6.45, 7) is 4.40. The van der Waals surface area contributed by atoms with Gasteiger partial charge in [-0.2, -0.15) is 0 Å². The van der Waals surface area contributed by atoms with E-state index in [1.807, 2.05) is 23.1 Å². The van der Waals surface area contributed by atoms with Crippen molar-refractivity contribution in [2.45, 2.75) is 44.6 Å². The lowest BCUT2D eigenvalue weighted by Crippen LogP contribution is -2.35. The standard InChI is InChI=1S/C23H31N3O4/c1-28-20-8-6-7-18(22(20)29-2)16-25-13-9-17(10-14-25)19-15-21(30-24-19)23(27)26-11-4-3-5-12-26/h6-8,15,17H,3-5,9-14,16H2,1-2H3. The molecule has 1 amide bonds. The molecule has 1 aromatic heterocycles. The molecule has 0 radical (unpaired) electrons. The van der Waals surface area contributed by atoms with Crippen LogP contribution in [0.15, 0.2) is 28.8 Å². The number of nitrogens with zero attached hydrogens (tertiary/aromatic N) is 3. The summed E-state index contributed by atoms with van der Waals surface area (Å²) in [6, 6.07) is 7.87. The van der Waals surface area contributed by atoms with Crippen LogP contribution in [0.5, 0.6) is 11.5 Å². The fourth-order valence-corrected chi connectivity index (χ4v) is 4.54. The van der Waals surface area contributed by atoms with Crippen LogP contribution in [-0.4, -0.2) is 61.3 Å². The third kappa shape index (κ3) is 4.46. The molecule has 0 N–H and O–H groups in total. The van der Waals surface area contributed by atoms with Crippen LogP contribution in [0.1, 0.15) is 59.8 Å². The molecular weight excluding hydrogens is 382 g/mol. The predicted octanol–water partition coefficient (Wildman–Crippen LogP) is 3.70. The third-order valence-corrected chi connectivity index (χ3v) is 6.27. The van der Waals surface area contributed by atoms with Crippen molar-refractivity contribution in [3.8, 4) is 11.5 Å². The number of piperidine rings is 2. The van der Waals surface area contributed by atoms with Gasteiger partial charge in [-0.15, -0.1) is 0 Å². The Morgan fingerprint density at radius 2 is 1.87 bits per heavy atom. The minimum absolute atomic E-state index is 0.0176. The second-order valence-corrected chi connectivity index (χ2v) is 8.17. The highest BCUT2D eigenvalue weighted by Gasteiger charge is 2.27. The van der Waals surface area contributed by atoms with Crippen molar-refractivity contribution in [2.75, 3.05) is 40.4 Å². The van der Waals surface area contributed by atoms with Crippen LogP contribution in [0.2, 0.25) is 0 Å². The number of methoxy groups -OCH3 is 2. The maximum absolute atomic E-state index is 12.6. The lowest BCUT2D eigenvalue weighted by atomic mass is 9.93. The van der Waals surface area contributed by atoms with E-state index in [4.69, 9.17) is 14.0 Å². The molecule has 2 fully saturated rings. The Hall–Kier alpha value is -2.54. The molecule has 30 heavy (non-hydrogen) atoms. The predicted molar refractivity (Wildman–Crippen MR) is 113 cm³/mol. The zero-order chi connectivity index (χ0) is 20.9. The summed E-state index contributed by atoms with van der Waals surface area (Å²) >= 11 is 0. The molecule has 0 bridgehead atoms. The third-order valence-electron chi connectivity index (χ3n) is 6.27. The van der Waals surface area contributed by atoms with Crippen molar-refractivity contribution >= 4 is 5.91 Å². The largest absolute Gasteiger partial charge is 0.493 e. The highest BCUT2D eigenvalue weighted by Crippen LogP contribution is 2.33. The number of rotatable bonds is 6. The van der Waals surface area contributed by atoms with Gasteiger partial charge in [0.2, 0.25) is 5.76 Å². The Kier molecular flexibility index (Phi) is 6.57. The summed E-state index contributed by atoms with van der Waals surface area (Å²) in [7, 11) is 3.34. The average molecular weight is 414 g/mol. The Labute approximate surface area is 177 Å². The summed E-state index contributed by atoms with van der Waals surface area (Å²) in [5.41, 5.74) is 2.04. The minimum Gasteiger partial charge on any atom is -0.493 e. The van der Waals surface area contributed by atoms with Gasteiger partial charge in [-0.25, -0.2) is 0 Å². The molecule has 7 heteroatoms. The van der Waals surface area contributed by atoms with E-state index < -0.39 is 0 Å². The van der Waals surface area contributed by atoms with E-state index in [0.29, 0.717) is 11.7 Å². The molecule has 0 atom stereocenters. The first kappa shape index (κ1) is 20.7. The number of carbonyl (C=O) groups is 1. The monoisotopic (exact) mass is 413 g/mol. The van der Waals surface area contributed by atoms with E-state index in [1.54, 1.807) is 14.2 Å². The Morgan fingerprint density at radius 1 is 1.10 bits per heavy atom. The second kappa shape index (κ2) is 9.51. The van der Waals surface area contributed by atoms with E-state index in [2.05, 4.69) is 16.1 Å². The maximum atomic E-state index is 12.6. The van der Waals surface area contributed by atoms with Crippen LogP contribution >= 0.6 is 0 Å². The number of hydrogen-bond acceptors (Lipinski definition) is 6. The number of benzene rings is 1. The molecule has 2 aliphatic rings. The molecular formula is C23H31N3O4. The molecule has 0 saturated carbocycles. The van der Waals surface area contributed by atoms with Crippen molar-refractivity contribution in [1.82, 2.24) is 15.0 Å². The van der Waals surface area contributed by atoms with Crippen LogP contribution in [0, 0.1) is 0 Å². The first-order chi connectivity index (χ1) is 14.7. The first-order valence-corrected chi connectivity index (χ1v) is 10.9. The number of likely N-dealkylation sites (tertiary alicyclic amines) is 2. The van der Waals surface area contributed by atoms with E-state index in [0.717, 1.165) is 81.2 Å². The van der Waals surface area contributed by atoms with E-state index in [9.17, 15) is 4.79 Å². The molecule has 0 aliphatic carbocycles. The van der Waals surface area contributed by atoms with Crippen LogP contribution < -0.4 is 9.47 Å². The molecule has 2 saturated heterocycles. The van der Waals surface area contributed by atoms with Crippen LogP contribution in [-0.2, 0) is 6.54 Å². The molecule has 2 aromatic rings. The number of para-hydroxylation sites is 1. The maximum Gasteiger partial charge on any atom is 0.292 e. The van der Waals surface area contributed by atoms with Gasteiger partial charge >= 0.3 is 0 Å². The zero-order valence-electron chi connectivity index (χ0n) is 17.9. The van der Waals surface area contributed by atoms with E-state index in [1.165, 1.54) is 6.42 Å². The topological polar surface area (TPSA) is 68.0 Å². The zero-order valence-corrected chi connectivity index (χ0v) is 17.9. The van der Waals surface area contributed by atoms with Gasteiger partial charge in [-0.05, 0) is 51.3 Å². The van der Waals surface area contributed by atoms with Gasteiger partial charge in [-0.1, -0.05) is 17.3 Å². The fraction of sp³-hybridized carbons (Fsp3) is 0.565. The summed E-state index contributed by atoms with van der Waals surface area (Å²) in [6.07, 6.45) is 5.34. The molecule has 7 nitrogen and oxygen atoms in total. The van der Waals surface area contributed by atoms with Gasteiger partial charge in [0, 0.05) is 37.2 Å². The number of ether oxygens (including phenoxy) is 2. The van der Waals surface area contributed by atoms with Crippen LogP contribution in [0.3, 0.4) is 0 Å². The Morgan fingerprint density at radius 3 is 2.57 bits per heavy atom. The van der Waals surface area contributed by atoms with Crippen LogP contribution in [0.25, 0.3) is 0 Å². The molecule has 2 aliphatic heterocycles. The minimum atomic E-state index is -0.0176. The normalized spacial score (nSPS) is 18.4. The van der Waals surface area contributed by atoms with Crippen molar-refractivity contribution in [1.29, 1.82) is 0 Å². The Bertz CT molecular complexity index is 852. The summed E-state index contributed by atoms with van der Waals surface area (Å²) in [5.74, 6) is 2.27. The lowest BCUT2D eigenvalue weighted by molar-refractivity contribution is 0.0682. The molecule has 162 valence electrons. The van der Waals surface area contributed by atoms with Crippen molar-refractivity contribution in [3.05, 3.63) is 41.3 Å². The lowest BCUT2D eigenvalue weighted by Gasteiger charge is -2.31. The van der Waals surface area contributed by atoms with Gasteiger partial charge in [-0.3, -0.25) is 9.69 Å². The molecule has 4 rings (SSSR count). The highest BCUT2D eigenvalue weighted by molar-refractivity contribution is 5.91. The molecule has 3 heterocycles. The SMILES string of the molecule is COc1cccc(CN2CCC(c3cc(C(=O)N4CCCCC4)on3)CC2)c1OC. The van der Waals surface area contributed by atoms with Gasteiger partial charge < -0.3 is 18.9 Å². The highest BCUT2D eigenvalue weighted by atomic mass is 16.5. The smallest absolute Gasteiger partial charge is 0.292 e. The fourth-order valence-electron chi connectivity index (χ4n) is 4.54. The Balaban J connectivity index is 1.34. The first-order valence-electron chi connectivity index (χ1n) is 10.9. The van der Waals surface area contributed by atoms with Gasteiger partial charge in [0.25, 0.3) is 5.91 Å². The van der Waals surface area contributed by atoms with Crippen LogP contribution in [0.4, 0.5) is 0 Å². The van der Waals surface area contributed by atoms with Crippen molar-refractivity contribution < 1.29 is 18.8 Å². The van der Waals surface area contributed by atoms with E-state index >= 15 is 0 Å². The number of amides is 1. The van der Waals surface area contributed by atoms with Gasteiger partial charge in [0.15, 0.2) is 11.5 Å². The number of hydrogen-bond donors (Lipinski definition) is 0. The van der Waals surface area contributed by atoms with Gasteiger partial charge in [0.1, 0.15) is 0 Å².